The van der Waals surface area contributed by atoms with Gasteiger partial charge in [0.2, 0.25) is 0 Å². The van der Waals surface area contributed by atoms with Crippen molar-refractivity contribution < 1.29 is 4.79 Å². The molecule has 4 unspecified atom stereocenters. The largest absolute Gasteiger partial charge is 0.335 e. The Labute approximate surface area is 131 Å². The molecule has 5 atom stereocenters. The summed E-state index contributed by atoms with van der Waals surface area (Å²) in [7, 11) is 0. The van der Waals surface area contributed by atoms with E-state index in [2.05, 4.69) is 35.2 Å². The van der Waals surface area contributed by atoms with Crippen molar-refractivity contribution in [2.45, 2.75) is 37.9 Å². The van der Waals surface area contributed by atoms with Gasteiger partial charge in [-0.25, -0.2) is 4.79 Å². The zero-order valence-electron chi connectivity index (χ0n) is 13.0. The van der Waals surface area contributed by atoms with Gasteiger partial charge in [-0.2, -0.15) is 0 Å². The van der Waals surface area contributed by atoms with Gasteiger partial charge in [0.15, 0.2) is 0 Å². The van der Waals surface area contributed by atoms with Crippen molar-refractivity contribution in [3.8, 4) is 0 Å². The van der Waals surface area contributed by atoms with Gasteiger partial charge in [0.25, 0.3) is 0 Å². The number of carbonyl (C=O) groups is 1. The van der Waals surface area contributed by atoms with E-state index in [1.54, 1.807) is 0 Å². The van der Waals surface area contributed by atoms with E-state index in [1.165, 1.54) is 12.0 Å². The molecule has 0 spiro atoms. The minimum atomic E-state index is 0.0852. The van der Waals surface area contributed by atoms with Crippen molar-refractivity contribution >= 4 is 6.03 Å². The molecule has 22 heavy (non-hydrogen) atoms. The number of nitrogens with zero attached hydrogens (tertiary/aromatic N) is 1. The van der Waals surface area contributed by atoms with Crippen molar-refractivity contribution in [1.82, 2.24) is 21.1 Å². The standard InChI is InChI=1S/C17H24N4O/c1-11(12-5-3-2-4-6-12)21-10-14-7-13-9-18-20-16(13)8-15(14)19-17(21)22/h2-6,11,13-16,18,20H,7-10H2,1H3,(H,19,22)/t11-,13?,14?,15?,16?/m1/s1. The summed E-state index contributed by atoms with van der Waals surface area (Å²) < 4.78 is 0. The van der Waals surface area contributed by atoms with Gasteiger partial charge in [-0.15, -0.1) is 0 Å². The molecule has 2 saturated heterocycles. The summed E-state index contributed by atoms with van der Waals surface area (Å²) in [5, 5.41) is 3.25. The number of amides is 2. The second kappa shape index (κ2) is 5.56. The average molecular weight is 300 g/mol. The molecule has 1 aromatic rings. The predicted octanol–water partition coefficient (Wildman–Crippen LogP) is 1.64. The summed E-state index contributed by atoms with van der Waals surface area (Å²) in [6.45, 7) is 4.05. The minimum Gasteiger partial charge on any atom is -0.335 e. The van der Waals surface area contributed by atoms with E-state index < -0.39 is 0 Å². The number of benzene rings is 1. The van der Waals surface area contributed by atoms with Crippen LogP contribution in [0.2, 0.25) is 0 Å². The normalized spacial score (nSPS) is 35.5. The molecule has 5 nitrogen and oxygen atoms in total. The zero-order chi connectivity index (χ0) is 15.1. The first-order valence-corrected chi connectivity index (χ1v) is 8.33. The maximum Gasteiger partial charge on any atom is 0.318 e. The second-order valence-corrected chi connectivity index (χ2v) is 6.92. The van der Waals surface area contributed by atoms with E-state index in [9.17, 15) is 4.79 Å². The highest BCUT2D eigenvalue weighted by Gasteiger charge is 2.44. The maximum atomic E-state index is 12.5. The van der Waals surface area contributed by atoms with Crippen LogP contribution in [-0.4, -0.2) is 36.1 Å². The molecular formula is C17H24N4O. The Balaban J connectivity index is 1.50. The molecule has 0 aromatic heterocycles. The number of hydrogen-bond donors (Lipinski definition) is 3. The Kier molecular flexibility index (Phi) is 3.54. The van der Waals surface area contributed by atoms with Crippen molar-refractivity contribution in [3.63, 3.8) is 0 Å². The highest BCUT2D eigenvalue weighted by atomic mass is 16.2. The summed E-state index contributed by atoms with van der Waals surface area (Å²) >= 11 is 0. The van der Waals surface area contributed by atoms with Crippen LogP contribution in [0.15, 0.2) is 30.3 Å². The Morgan fingerprint density at radius 1 is 1.14 bits per heavy atom. The number of nitrogens with one attached hydrogen (secondary N) is 3. The number of rotatable bonds is 2. The highest BCUT2D eigenvalue weighted by Crippen LogP contribution is 2.36. The third-order valence-corrected chi connectivity index (χ3v) is 5.65. The van der Waals surface area contributed by atoms with Crippen molar-refractivity contribution in [1.29, 1.82) is 0 Å². The van der Waals surface area contributed by atoms with E-state index >= 15 is 0 Å². The third-order valence-electron chi connectivity index (χ3n) is 5.65. The lowest BCUT2D eigenvalue weighted by atomic mass is 9.74. The summed E-state index contributed by atoms with van der Waals surface area (Å²) in [6, 6.07) is 11.3. The van der Waals surface area contributed by atoms with Gasteiger partial charge >= 0.3 is 6.03 Å². The first-order valence-electron chi connectivity index (χ1n) is 8.33. The molecule has 4 rings (SSSR count). The molecule has 2 amide bonds. The lowest BCUT2D eigenvalue weighted by Gasteiger charge is -2.46. The van der Waals surface area contributed by atoms with E-state index in [0.717, 1.165) is 19.5 Å². The molecule has 118 valence electrons. The fourth-order valence-electron chi connectivity index (χ4n) is 4.30. The number of urea groups is 1. The lowest BCUT2D eigenvalue weighted by molar-refractivity contribution is 0.0879. The van der Waals surface area contributed by atoms with Gasteiger partial charge in [0.05, 0.1) is 6.04 Å². The van der Waals surface area contributed by atoms with Gasteiger partial charge in [-0.3, -0.25) is 10.9 Å². The predicted molar refractivity (Wildman–Crippen MR) is 85.0 cm³/mol. The molecule has 1 aromatic carbocycles. The molecule has 5 heteroatoms. The van der Waals surface area contributed by atoms with Crippen LogP contribution in [0.4, 0.5) is 4.79 Å². The van der Waals surface area contributed by atoms with Crippen LogP contribution in [0.1, 0.15) is 31.4 Å². The van der Waals surface area contributed by atoms with E-state index in [4.69, 9.17) is 0 Å². The van der Waals surface area contributed by atoms with Gasteiger partial charge in [0.1, 0.15) is 0 Å². The van der Waals surface area contributed by atoms with Gasteiger partial charge < -0.3 is 10.2 Å². The van der Waals surface area contributed by atoms with E-state index in [0.29, 0.717) is 23.9 Å². The Morgan fingerprint density at radius 2 is 1.95 bits per heavy atom. The molecule has 3 aliphatic rings. The van der Waals surface area contributed by atoms with Crippen molar-refractivity contribution in [2.24, 2.45) is 11.8 Å². The highest BCUT2D eigenvalue weighted by molar-refractivity contribution is 5.76. The maximum absolute atomic E-state index is 12.5. The van der Waals surface area contributed by atoms with E-state index in [-0.39, 0.29) is 12.1 Å². The van der Waals surface area contributed by atoms with Crippen LogP contribution in [-0.2, 0) is 0 Å². The molecule has 2 heterocycles. The number of fused-ring (bicyclic) bond motifs is 2. The topological polar surface area (TPSA) is 56.4 Å². The van der Waals surface area contributed by atoms with Crippen LogP contribution in [0, 0.1) is 11.8 Å². The van der Waals surface area contributed by atoms with E-state index in [1.807, 2.05) is 23.1 Å². The fourth-order valence-corrected chi connectivity index (χ4v) is 4.30. The third kappa shape index (κ3) is 2.38. The minimum absolute atomic E-state index is 0.0852. The zero-order valence-corrected chi connectivity index (χ0v) is 13.0. The summed E-state index contributed by atoms with van der Waals surface area (Å²) in [5.41, 5.74) is 7.82. The van der Waals surface area contributed by atoms with Crippen LogP contribution in [0.25, 0.3) is 0 Å². The average Bonchev–Trinajstić information content (AvgIpc) is 2.99. The molecule has 0 radical (unpaired) electrons. The number of hydrazine groups is 1. The van der Waals surface area contributed by atoms with Crippen molar-refractivity contribution in [2.75, 3.05) is 13.1 Å². The molecule has 1 saturated carbocycles. The Morgan fingerprint density at radius 3 is 2.77 bits per heavy atom. The SMILES string of the molecule is C[C@H](c1ccccc1)N1CC2CC3CNNC3CC2NC1=O. The van der Waals surface area contributed by atoms with Crippen molar-refractivity contribution in [3.05, 3.63) is 35.9 Å². The van der Waals surface area contributed by atoms with Crippen LogP contribution < -0.4 is 16.2 Å². The van der Waals surface area contributed by atoms with Crippen LogP contribution >= 0.6 is 0 Å². The summed E-state index contributed by atoms with van der Waals surface area (Å²) in [6.07, 6.45) is 2.23. The lowest BCUT2D eigenvalue weighted by Crippen LogP contribution is -2.61. The van der Waals surface area contributed by atoms with Gasteiger partial charge in [-0.05, 0) is 37.2 Å². The molecule has 1 aliphatic carbocycles. The molecule has 3 fully saturated rings. The fraction of sp³-hybridized carbons (Fsp3) is 0.588. The molecular weight excluding hydrogens is 276 g/mol. The summed E-state index contributed by atoms with van der Waals surface area (Å²) in [5.74, 6) is 1.26. The summed E-state index contributed by atoms with van der Waals surface area (Å²) in [4.78, 5) is 14.5. The Bertz CT molecular complexity index is 549. The number of carbonyl (C=O) groups excluding carboxylic acids is 1. The smallest absolute Gasteiger partial charge is 0.318 e. The van der Waals surface area contributed by atoms with Crippen LogP contribution in [0.5, 0.6) is 0 Å². The van der Waals surface area contributed by atoms with Crippen LogP contribution in [0.3, 0.4) is 0 Å². The first kappa shape index (κ1) is 14.0. The number of hydrogen-bond acceptors (Lipinski definition) is 3. The molecule has 3 N–H and O–H groups in total. The monoisotopic (exact) mass is 300 g/mol. The second-order valence-electron chi connectivity index (χ2n) is 6.92. The Hall–Kier alpha value is -1.59. The molecule has 0 bridgehead atoms. The quantitative estimate of drug-likeness (QED) is 0.778. The molecule has 2 aliphatic heterocycles. The van der Waals surface area contributed by atoms with Gasteiger partial charge in [-0.1, -0.05) is 30.3 Å². The first-order chi connectivity index (χ1) is 10.7. The van der Waals surface area contributed by atoms with Gasteiger partial charge in [0, 0.05) is 25.2 Å².